The maximum absolute atomic E-state index is 10.7. The summed E-state index contributed by atoms with van der Waals surface area (Å²) in [4.78, 5) is 11.6. The summed E-state index contributed by atoms with van der Waals surface area (Å²) in [6.07, 6.45) is 0. The van der Waals surface area contributed by atoms with Crippen molar-refractivity contribution in [3.63, 3.8) is 0 Å². The Morgan fingerprint density at radius 3 is 2.44 bits per heavy atom. The minimum absolute atomic E-state index is 0.217. The van der Waals surface area contributed by atoms with Crippen LogP contribution in [0.5, 0.6) is 0 Å². The highest BCUT2D eigenvalue weighted by Crippen LogP contribution is 2.31. The minimum atomic E-state index is -2.34. The summed E-state index contributed by atoms with van der Waals surface area (Å²) in [7, 11) is 0. The maximum atomic E-state index is 10.7. The van der Waals surface area contributed by atoms with E-state index in [4.69, 9.17) is 5.11 Å². The summed E-state index contributed by atoms with van der Waals surface area (Å²) in [5.74, 6) is -0.975. The second kappa shape index (κ2) is 5.30. The Morgan fingerprint density at radius 1 is 1.22 bits per heavy atom. The van der Waals surface area contributed by atoms with Crippen molar-refractivity contribution >= 4 is 33.6 Å². The first-order chi connectivity index (χ1) is 8.56. The summed E-state index contributed by atoms with van der Waals surface area (Å²) in [5, 5.41) is 9.29. The van der Waals surface area contributed by atoms with Crippen molar-refractivity contribution in [2.75, 3.05) is 4.72 Å². The average molecular weight is 282 g/mol. The smallest absolute Gasteiger partial charge is 0.335 e. The molecule has 2 N–H and O–H groups in total. The normalized spacial score (nSPS) is 12.1. The molecule has 1 aromatic heterocycles. The van der Waals surface area contributed by atoms with E-state index in [1.165, 1.54) is 23.5 Å². The fourth-order valence-electron chi connectivity index (χ4n) is 1.41. The molecule has 1 aromatic carbocycles. The largest absolute Gasteiger partial charge is 0.755 e. The van der Waals surface area contributed by atoms with Gasteiger partial charge in [-0.1, -0.05) is 12.1 Å². The molecule has 0 radical (unpaired) electrons. The van der Waals surface area contributed by atoms with Crippen molar-refractivity contribution in [1.29, 1.82) is 0 Å². The first-order valence-corrected chi connectivity index (χ1v) is 6.75. The summed E-state index contributed by atoms with van der Waals surface area (Å²) >= 11 is -1.06. The first kappa shape index (κ1) is 12.7. The van der Waals surface area contributed by atoms with Crippen LogP contribution in [0.4, 0.5) is 5.00 Å². The molecular formula is C11H8NO4S2-. The molecular weight excluding hydrogens is 274 g/mol. The lowest BCUT2D eigenvalue weighted by Gasteiger charge is -2.04. The van der Waals surface area contributed by atoms with E-state index in [2.05, 4.69) is 4.72 Å². The number of carbonyl (C=O) groups is 1. The third-order valence-electron chi connectivity index (χ3n) is 2.21. The molecule has 0 spiro atoms. The predicted octanol–water partition coefficient (Wildman–Crippen LogP) is 2.32. The van der Waals surface area contributed by atoms with E-state index in [0.29, 0.717) is 5.00 Å². The van der Waals surface area contributed by atoms with E-state index in [-0.39, 0.29) is 5.56 Å². The number of benzene rings is 1. The van der Waals surface area contributed by atoms with Gasteiger partial charge < -0.3 is 14.4 Å². The quantitative estimate of drug-likeness (QED) is 0.842. The van der Waals surface area contributed by atoms with Crippen LogP contribution < -0.4 is 4.72 Å². The summed E-state index contributed by atoms with van der Waals surface area (Å²) in [5.41, 5.74) is 1.06. The van der Waals surface area contributed by atoms with Gasteiger partial charge in [0.05, 0.1) is 10.6 Å². The van der Waals surface area contributed by atoms with Crippen LogP contribution in [0.25, 0.3) is 10.4 Å². The van der Waals surface area contributed by atoms with Crippen molar-refractivity contribution in [1.82, 2.24) is 0 Å². The number of rotatable bonds is 4. The number of hydrogen-bond acceptors (Lipinski definition) is 4. The van der Waals surface area contributed by atoms with E-state index in [0.717, 1.165) is 10.4 Å². The third kappa shape index (κ3) is 2.95. The first-order valence-electron chi connectivity index (χ1n) is 4.86. The van der Waals surface area contributed by atoms with Crippen LogP contribution >= 0.6 is 11.3 Å². The lowest BCUT2D eigenvalue weighted by atomic mass is 10.1. The Kier molecular flexibility index (Phi) is 3.75. The molecule has 7 heteroatoms. The zero-order valence-electron chi connectivity index (χ0n) is 8.95. The van der Waals surface area contributed by atoms with E-state index in [1.807, 2.05) is 0 Å². The third-order valence-corrected chi connectivity index (χ3v) is 3.77. The molecule has 0 fully saturated rings. The molecule has 2 aromatic rings. The monoisotopic (exact) mass is 282 g/mol. The molecule has 0 aliphatic carbocycles. The van der Waals surface area contributed by atoms with Crippen LogP contribution in [0, 0.1) is 0 Å². The summed E-state index contributed by atoms with van der Waals surface area (Å²) in [6, 6.07) is 9.82. The summed E-state index contributed by atoms with van der Waals surface area (Å²) < 4.78 is 23.2. The van der Waals surface area contributed by atoms with Crippen LogP contribution in [0.15, 0.2) is 36.4 Å². The number of carboxylic acid groups (broad SMARTS) is 1. The highest BCUT2D eigenvalue weighted by molar-refractivity contribution is 7.80. The van der Waals surface area contributed by atoms with Gasteiger partial charge in [0.25, 0.3) is 0 Å². The summed E-state index contributed by atoms with van der Waals surface area (Å²) in [6.45, 7) is 0. The van der Waals surface area contributed by atoms with Crippen molar-refractivity contribution in [3.05, 3.63) is 42.0 Å². The molecule has 94 valence electrons. The van der Waals surface area contributed by atoms with Gasteiger partial charge in [0.1, 0.15) is 0 Å². The number of nitrogens with one attached hydrogen (secondary N) is 1. The number of aromatic carboxylic acids is 1. The topological polar surface area (TPSA) is 89.5 Å². The van der Waals surface area contributed by atoms with Gasteiger partial charge in [-0.15, -0.1) is 11.3 Å². The zero-order valence-corrected chi connectivity index (χ0v) is 10.6. The molecule has 5 nitrogen and oxygen atoms in total. The molecule has 0 bridgehead atoms. The van der Waals surface area contributed by atoms with E-state index >= 15 is 0 Å². The molecule has 2 rings (SSSR count). The Balaban J connectivity index is 2.23. The second-order valence-electron chi connectivity index (χ2n) is 3.38. The number of thiophene rings is 1. The van der Waals surface area contributed by atoms with Gasteiger partial charge in [-0.2, -0.15) is 0 Å². The number of hydrogen-bond donors (Lipinski definition) is 2. The van der Waals surface area contributed by atoms with Crippen molar-refractivity contribution in [2.24, 2.45) is 0 Å². The molecule has 1 unspecified atom stereocenters. The fraction of sp³-hybridized carbons (Fsp3) is 0. The molecule has 0 amide bonds. The zero-order chi connectivity index (χ0) is 13.1. The van der Waals surface area contributed by atoms with Crippen molar-refractivity contribution < 1.29 is 18.7 Å². The SMILES string of the molecule is O=C(O)c1ccc(-c2ccc(NS(=O)[O-])s2)cc1. The van der Waals surface area contributed by atoms with Crippen LogP contribution in [0.2, 0.25) is 0 Å². The van der Waals surface area contributed by atoms with Crippen LogP contribution in [-0.2, 0) is 11.3 Å². The lowest BCUT2D eigenvalue weighted by Crippen LogP contribution is -1.99. The van der Waals surface area contributed by atoms with E-state index in [1.54, 1.807) is 24.3 Å². The van der Waals surface area contributed by atoms with Gasteiger partial charge in [-0.05, 0) is 29.8 Å². The average Bonchev–Trinajstić information content (AvgIpc) is 2.76. The lowest BCUT2D eigenvalue weighted by molar-refractivity contribution is 0.0697. The molecule has 0 saturated heterocycles. The van der Waals surface area contributed by atoms with Gasteiger partial charge in [0, 0.05) is 16.1 Å². The highest BCUT2D eigenvalue weighted by Gasteiger charge is 2.05. The Labute approximate surface area is 110 Å². The minimum Gasteiger partial charge on any atom is -0.755 e. The Morgan fingerprint density at radius 2 is 1.89 bits per heavy atom. The van der Waals surface area contributed by atoms with Crippen molar-refractivity contribution in [2.45, 2.75) is 0 Å². The maximum Gasteiger partial charge on any atom is 0.335 e. The number of anilines is 1. The standard InChI is InChI=1S/C11H9NO4S2/c13-11(14)8-3-1-7(2-4-8)9-5-6-10(17-9)12-18(15)16/h1-6,12H,(H,13,14)(H,15,16)/p-1. The molecule has 0 aliphatic rings. The van der Waals surface area contributed by atoms with E-state index in [9.17, 15) is 13.6 Å². The Hall–Kier alpha value is -1.70. The predicted molar refractivity (Wildman–Crippen MR) is 69.3 cm³/mol. The van der Waals surface area contributed by atoms with E-state index < -0.39 is 17.2 Å². The van der Waals surface area contributed by atoms with Crippen molar-refractivity contribution in [3.8, 4) is 10.4 Å². The molecule has 1 atom stereocenters. The van der Waals surface area contributed by atoms with Gasteiger partial charge in [-0.25, -0.2) is 4.79 Å². The molecule has 18 heavy (non-hydrogen) atoms. The van der Waals surface area contributed by atoms with Gasteiger partial charge in [-0.3, -0.25) is 4.21 Å². The van der Waals surface area contributed by atoms with Gasteiger partial charge in [0.15, 0.2) is 0 Å². The molecule has 0 saturated carbocycles. The molecule has 0 aliphatic heterocycles. The Bertz CT molecular complexity index is 591. The van der Waals surface area contributed by atoms with Crippen LogP contribution in [0.3, 0.4) is 0 Å². The van der Waals surface area contributed by atoms with Crippen LogP contribution in [0.1, 0.15) is 10.4 Å². The van der Waals surface area contributed by atoms with Crippen LogP contribution in [-0.4, -0.2) is 19.8 Å². The second-order valence-corrected chi connectivity index (χ2v) is 5.14. The number of carboxylic acids is 1. The van der Waals surface area contributed by atoms with Gasteiger partial charge >= 0.3 is 5.97 Å². The van der Waals surface area contributed by atoms with Gasteiger partial charge in [0.2, 0.25) is 0 Å². The highest BCUT2D eigenvalue weighted by atomic mass is 32.2. The fourth-order valence-corrected chi connectivity index (χ4v) is 2.77. The molecule has 1 heterocycles.